The molecule has 1 unspecified atom stereocenters. The standard InChI is InChI=1S/C13H23NO2/c1-12(14-9-3-4-10-15-2)7-8-13-6-5-11-16-13/h5-6,11-12,14H,3-4,7-10H2,1-2H3. The molecule has 0 aromatic carbocycles. The van der Waals surface area contributed by atoms with Crippen molar-refractivity contribution >= 4 is 0 Å². The largest absolute Gasteiger partial charge is 0.469 e. The summed E-state index contributed by atoms with van der Waals surface area (Å²) in [7, 11) is 1.75. The number of methoxy groups -OCH3 is 1. The van der Waals surface area contributed by atoms with Crippen molar-refractivity contribution in [3.63, 3.8) is 0 Å². The zero-order chi connectivity index (χ0) is 11.6. The van der Waals surface area contributed by atoms with Gasteiger partial charge in [0.1, 0.15) is 5.76 Å². The lowest BCUT2D eigenvalue weighted by molar-refractivity contribution is 0.192. The van der Waals surface area contributed by atoms with E-state index in [2.05, 4.69) is 12.2 Å². The Kier molecular flexibility index (Phi) is 6.93. The van der Waals surface area contributed by atoms with Crippen LogP contribution in [0.25, 0.3) is 0 Å². The van der Waals surface area contributed by atoms with Crippen molar-refractivity contribution < 1.29 is 9.15 Å². The smallest absolute Gasteiger partial charge is 0.103 e. The van der Waals surface area contributed by atoms with E-state index in [0.29, 0.717) is 6.04 Å². The molecule has 0 bridgehead atoms. The Morgan fingerprint density at radius 1 is 1.44 bits per heavy atom. The summed E-state index contributed by atoms with van der Waals surface area (Å²) < 4.78 is 10.3. The predicted molar refractivity (Wildman–Crippen MR) is 65.6 cm³/mol. The summed E-state index contributed by atoms with van der Waals surface area (Å²) >= 11 is 0. The average Bonchev–Trinajstić information content (AvgIpc) is 2.79. The molecule has 0 radical (unpaired) electrons. The summed E-state index contributed by atoms with van der Waals surface area (Å²) in [6.45, 7) is 4.16. The van der Waals surface area contributed by atoms with Gasteiger partial charge in [0.05, 0.1) is 6.26 Å². The summed E-state index contributed by atoms with van der Waals surface area (Å²) in [4.78, 5) is 0. The molecular weight excluding hydrogens is 202 g/mol. The molecule has 0 spiro atoms. The normalized spacial score (nSPS) is 12.9. The predicted octanol–water partition coefficient (Wildman–Crippen LogP) is 2.62. The van der Waals surface area contributed by atoms with Crippen molar-refractivity contribution in [2.75, 3.05) is 20.3 Å². The molecule has 3 heteroatoms. The molecule has 1 rings (SSSR count). The molecule has 1 atom stereocenters. The third-order valence-electron chi connectivity index (χ3n) is 2.67. The fraction of sp³-hybridized carbons (Fsp3) is 0.692. The van der Waals surface area contributed by atoms with Crippen molar-refractivity contribution in [2.45, 2.75) is 38.6 Å². The number of furan rings is 1. The molecule has 0 saturated heterocycles. The second kappa shape index (κ2) is 8.36. The minimum Gasteiger partial charge on any atom is -0.469 e. The van der Waals surface area contributed by atoms with Gasteiger partial charge in [-0.15, -0.1) is 0 Å². The van der Waals surface area contributed by atoms with Gasteiger partial charge in [0.25, 0.3) is 0 Å². The van der Waals surface area contributed by atoms with E-state index in [-0.39, 0.29) is 0 Å². The Hall–Kier alpha value is -0.800. The van der Waals surface area contributed by atoms with Crippen LogP contribution in [0.2, 0.25) is 0 Å². The average molecular weight is 225 g/mol. The van der Waals surface area contributed by atoms with E-state index < -0.39 is 0 Å². The van der Waals surface area contributed by atoms with Gasteiger partial charge in [0.15, 0.2) is 0 Å². The van der Waals surface area contributed by atoms with Crippen LogP contribution in [0.15, 0.2) is 22.8 Å². The molecule has 1 aromatic rings. The van der Waals surface area contributed by atoms with Crippen molar-refractivity contribution in [2.24, 2.45) is 0 Å². The molecule has 92 valence electrons. The Morgan fingerprint density at radius 3 is 3.00 bits per heavy atom. The first-order valence-electron chi connectivity index (χ1n) is 6.07. The van der Waals surface area contributed by atoms with Crippen LogP contribution in [-0.2, 0) is 11.2 Å². The quantitative estimate of drug-likeness (QED) is 0.656. The molecule has 0 aliphatic heterocycles. The highest BCUT2D eigenvalue weighted by atomic mass is 16.5. The van der Waals surface area contributed by atoms with Crippen LogP contribution in [0.4, 0.5) is 0 Å². The van der Waals surface area contributed by atoms with Gasteiger partial charge < -0.3 is 14.5 Å². The number of unbranched alkanes of at least 4 members (excludes halogenated alkanes) is 1. The summed E-state index contributed by atoms with van der Waals surface area (Å²) in [6.07, 6.45) is 6.18. The van der Waals surface area contributed by atoms with Crippen LogP contribution in [0.1, 0.15) is 31.9 Å². The van der Waals surface area contributed by atoms with E-state index in [1.54, 1.807) is 13.4 Å². The maximum atomic E-state index is 5.30. The lowest BCUT2D eigenvalue weighted by atomic mass is 10.1. The highest BCUT2D eigenvalue weighted by molar-refractivity contribution is 4.98. The molecular formula is C13H23NO2. The third-order valence-corrected chi connectivity index (χ3v) is 2.67. The molecule has 1 aromatic heterocycles. The number of hydrogen-bond acceptors (Lipinski definition) is 3. The molecule has 0 amide bonds. The van der Waals surface area contributed by atoms with Crippen molar-refractivity contribution in [3.05, 3.63) is 24.2 Å². The maximum absolute atomic E-state index is 5.30. The maximum Gasteiger partial charge on any atom is 0.103 e. The third kappa shape index (κ3) is 5.93. The topological polar surface area (TPSA) is 34.4 Å². The Bertz CT molecular complexity index is 246. The van der Waals surface area contributed by atoms with E-state index in [4.69, 9.17) is 9.15 Å². The van der Waals surface area contributed by atoms with Crippen LogP contribution in [0.5, 0.6) is 0 Å². The number of rotatable bonds is 9. The van der Waals surface area contributed by atoms with E-state index in [9.17, 15) is 0 Å². The van der Waals surface area contributed by atoms with Crippen LogP contribution in [0.3, 0.4) is 0 Å². The van der Waals surface area contributed by atoms with Crippen LogP contribution < -0.4 is 5.32 Å². The Balaban J connectivity index is 1.96. The first kappa shape index (κ1) is 13.3. The van der Waals surface area contributed by atoms with Gasteiger partial charge in [-0.2, -0.15) is 0 Å². The summed E-state index contributed by atoms with van der Waals surface area (Å²) in [5.41, 5.74) is 0. The van der Waals surface area contributed by atoms with E-state index in [0.717, 1.165) is 38.2 Å². The Labute approximate surface area is 98.2 Å². The van der Waals surface area contributed by atoms with Crippen LogP contribution in [-0.4, -0.2) is 26.3 Å². The fourth-order valence-corrected chi connectivity index (χ4v) is 1.64. The second-order valence-corrected chi connectivity index (χ2v) is 4.17. The highest BCUT2D eigenvalue weighted by Crippen LogP contribution is 2.05. The van der Waals surface area contributed by atoms with Gasteiger partial charge in [-0.1, -0.05) is 0 Å². The lowest BCUT2D eigenvalue weighted by Crippen LogP contribution is -2.27. The van der Waals surface area contributed by atoms with Gasteiger partial charge in [-0.25, -0.2) is 0 Å². The van der Waals surface area contributed by atoms with Gasteiger partial charge in [0.2, 0.25) is 0 Å². The lowest BCUT2D eigenvalue weighted by Gasteiger charge is -2.12. The van der Waals surface area contributed by atoms with Gasteiger partial charge in [-0.3, -0.25) is 0 Å². The molecule has 1 N–H and O–H groups in total. The number of nitrogens with one attached hydrogen (secondary N) is 1. The summed E-state index contributed by atoms with van der Waals surface area (Å²) in [5, 5.41) is 3.51. The van der Waals surface area contributed by atoms with Crippen LogP contribution >= 0.6 is 0 Å². The zero-order valence-corrected chi connectivity index (χ0v) is 10.4. The monoisotopic (exact) mass is 225 g/mol. The van der Waals surface area contributed by atoms with Crippen molar-refractivity contribution in [3.8, 4) is 0 Å². The molecule has 3 nitrogen and oxygen atoms in total. The first-order chi connectivity index (χ1) is 7.83. The molecule has 16 heavy (non-hydrogen) atoms. The van der Waals surface area contributed by atoms with Crippen LogP contribution in [0, 0.1) is 0 Å². The Morgan fingerprint density at radius 2 is 2.31 bits per heavy atom. The van der Waals surface area contributed by atoms with E-state index in [1.807, 2.05) is 12.1 Å². The van der Waals surface area contributed by atoms with E-state index >= 15 is 0 Å². The minimum atomic E-state index is 0.549. The summed E-state index contributed by atoms with van der Waals surface area (Å²) in [5.74, 6) is 1.08. The molecule has 0 fully saturated rings. The minimum absolute atomic E-state index is 0.549. The molecule has 0 aliphatic rings. The highest BCUT2D eigenvalue weighted by Gasteiger charge is 2.02. The number of hydrogen-bond donors (Lipinski definition) is 1. The molecule has 0 saturated carbocycles. The number of ether oxygens (including phenoxy) is 1. The zero-order valence-electron chi connectivity index (χ0n) is 10.4. The second-order valence-electron chi connectivity index (χ2n) is 4.17. The first-order valence-corrected chi connectivity index (χ1v) is 6.07. The number of aryl methyl sites for hydroxylation is 1. The molecule has 1 heterocycles. The van der Waals surface area contributed by atoms with Gasteiger partial charge >= 0.3 is 0 Å². The van der Waals surface area contributed by atoms with Crippen molar-refractivity contribution in [1.29, 1.82) is 0 Å². The van der Waals surface area contributed by atoms with E-state index in [1.165, 1.54) is 6.42 Å². The van der Waals surface area contributed by atoms with Crippen molar-refractivity contribution in [1.82, 2.24) is 5.32 Å². The van der Waals surface area contributed by atoms with Gasteiger partial charge in [0, 0.05) is 26.2 Å². The summed E-state index contributed by atoms with van der Waals surface area (Å²) in [6, 6.07) is 4.52. The fourth-order valence-electron chi connectivity index (χ4n) is 1.64. The molecule has 0 aliphatic carbocycles. The van der Waals surface area contributed by atoms with Gasteiger partial charge in [-0.05, 0) is 44.9 Å². The SMILES string of the molecule is COCCCCNC(C)CCc1ccco1.